The van der Waals surface area contributed by atoms with Crippen molar-refractivity contribution in [2.75, 3.05) is 7.11 Å². The lowest BCUT2D eigenvalue weighted by Crippen LogP contribution is -2.37. The number of methoxy groups -OCH3 is 1. The van der Waals surface area contributed by atoms with E-state index in [1.165, 1.54) is 16.0 Å². The lowest BCUT2D eigenvalue weighted by atomic mass is 9.78. The minimum absolute atomic E-state index is 0.635. The molecule has 0 radical (unpaired) electrons. The van der Waals surface area contributed by atoms with E-state index < -0.39 is 5.60 Å². The van der Waals surface area contributed by atoms with Gasteiger partial charge in [-0.15, -0.1) is 11.3 Å². The highest BCUT2D eigenvalue weighted by atomic mass is 79.9. The highest BCUT2D eigenvalue weighted by Gasteiger charge is 2.32. The molecule has 3 rings (SSSR count). The number of ether oxygens (including phenoxy) is 1. The van der Waals surface area contributed by atoms with Crippen molar-refractivity contribution in [2.45, 2.75) is 31.3 Å². The number of benzene rings is 1. The number of rotatable bonds is 3. The predicted molar refractivity (Wildman–Crippen MR) is 85.7 cm³/mol. The Labute approximate surface area is 131 Å². The van der Waals surface area contributed by atoms with Gasteiger partial charge in [-0.3, -0.25) is 0 Å². The molecule has 2 aromatic rings. The van der Waals surface area contributed by atoms with E-state index in [0.29, 0.717) is 6.42 Å². The molecule has 0 bridgehead atoms. The van der Waals surface area contributed by atoms with Crippen LogP contribution in [0, 0.1) is 0 Å². The van der Waals surface area contributed by atoms with Crippen LogP contribution < -0.4 is 4.74 Å². The number of thiophene rings is 1. The van der Waals surface area contributed by atoms with Gasteiger partial charge in [0.25, 0.3) is 0 Å². The maximum atomic E-state index is 10.9. The van der Waals surface area contributed by atoms with Gasteiger partial charge in [0.2, 0.25) is 0 Å². The molecule has 0 saturated heterocycles. The molecule has 0 spiro atoms. The maximum absolute atomic E-state index is 10.9. The molecule has 0 fully saturated rings. The average molecular weight is 353 g/mol. The van der Waals surface area contributed by atoms with Crippen LogP contribution in [0.25, 0.3) is 0 Å². The van der Waals surface area contributed by atoms with Crippen LogP contribution in [0.5, 0.6) is 5.75 Å². The van der Waals surface area contributed by atoms with Crippen molar-refractivity contribution in [1.29, 1.82) is 0 Å². The smallest absolute Gasteiger partial charge is 0.119 e. The van der Waals surface area contributed by atoms with Crippen molar-refractivity contribution in [2.24, 2.45) is 0 Å². The molecule has 2 nitrogen and oxygen atoms in total. The zero-order chi connectivity index (χ0) is 14.2. The molecule has 1 aromatic heterocycles. The van der Waals surface area contributed by atoms with Crippen molar-refractivity contribution < 1.29 is 9.84 Å². The molecule has 0 amide bonds. The normalized spacial score (nSPS) is 21.6. The second-order valence-electron chi connectivity index (χ2n) is 5.42. The molecular weight excluding hydrogens is 336 g/mol. The molecule has 1 aliphatic rings. The summed E-state index contributed by atoms with van der Waals surface area (Å²) in [5.74, 6) is 0.867. The van der Waals surface area contributed by atoms with Gasteiger partial charge in [-0.25, -0.2) is 0 Å². The second-order valence-corrected chi connectivity index (χ2v) is 7.97. The first-order chi connectivity index (χ1) is 9.58. The molecular formula is C16H17BrO2S. The number of fused-ring (bicyclic) bond motifs is 1. The number of aliphatic hydroxyl groups is 1. The Bertz CT molecular complexity index is 623. The summed E-state index contributed by atoms with van der Waals surface area (Å²) in [6.07, 6.45) is 3.18. The summed E-state index contributed by atoms with van der Waals surface area (Å²) in [4.78, 5) is 1.23. The zero-order valence-corrected chi connectivity index (χ0v) is 13.8. The maximum Gasteiger partial charge on any atom is 0.119 e. The molecule has 4 heteroatoms. The van der Waals surface area contributed by atoms with E-state index >= 15 is 0 Å². The van der Waals surface area contributed by atoms with Crippen molar-refractivity contribution >= 4 is 27.3 Å². The van der Waals surface area contributed by atoms with E-state index in [1.807, 2.05) is 12.1 Å². The number of aryl methyl sites for hydroxylation is 1. The van der Waals surface area contributed by atoms with Crippen LogP contribution in [0.15, 0.2) is 34.1 Å². The zero-order valence-electron chi connectivity index (χ0n) is 11.4. The molecule has 0 aliphatic heterocycles. The standard InChI is InChI=1S/C16H17BrO2S/c1-19-13-3-2-11-6-7-16(18,9-12(11)8-13)10-14-4-5-15(17)20-14/h2-5,8,18H,6-7,9-10H2,1H3. The van der Waals surface area contributed by atoms with Crippen LogP contribution in [0.2, 0.25) is 0 Å². The highest BCUT2D eigenvalue weighted by molar-refractivity contribution is 9.11. The fourth-order valence-corrected chi connectivity index (χ4v) is 4.49. The van der Waals surface area contributed by atoms with Gasteiger partial charge in [0, 0.05) is 17.7 Å². The molecule has 1 atom stereocenters. The van der Waals surface area contributed by atoms with E-state index in [0.717, 1.165) is 28.8 Å². The van der Waals surface area contributed by atoms with Crippen molar-refractivity contribution in [3.8, 4) is 5.75 Å². The summed E-state index contributed by atoms with van der Waals surface area (Å²) in [5.41, 5.74) is 1.92. The molecule has 1 N–H and O–H groups in total. The summed E-state index contributed by atoms with van der Waals surface area (Å²) >= 11 is 5.18. The SMILES string of the molecule is COc1ccc2c(c1)CC(O)(Cc1ccc(Br)s1)CC2. The Morgan fingerprint density at radius 2 is 2.15 bits per heavy atom. The minimum atomic E-state index is -0.635. The lowest BCUT2D eigenvalue weighted by molar-refractivity contribution is 0.0274. The van der Waals surface area contributed by atoms with E-state index in [1.54, 1.807) is 18.4 Å². The van der Waals surface area contributed by atoms with Crippen molar-refractivity contribution in [3.63, 3.8) is 0 Å². The fraction of sp³-hybridized carbons (Fsp3) is 0.375. The third-order valence-corrected chi connectivity index (χ3v) is 5.55. The summed E-state index contributed by atoms with van der Waals surface area (Å²) in [6, 6.07) is 10.3. The minimum Gasteiger partial charge on any atom is -0.497 e. The summed E-state index contributed by atoms with van der Waals surface area (Å²) in [7, 11) is 1.68. The van der Waals surface area contributed by atoms with E-state index in [-0.39, 0.29) is 0 Å². The first-order valence-electron chi connectivity index (χ1n) is 6.70. The lowest BCUT2D eigenvalue weighted by Gasteiger charge is -2.33. The fourth-order valence-electron chi connectivity index (χ4n) is 2.87. The van der Waals surface area contributed by atoms with Crippen LogP contribution >= 0.6 is 27.3 Å². The largest absolute Gasteiger partial charge is 0.497 e. The van der Waals surface area contributed by atoms with Crippen LogP contribution in [0.4, 0.5) is 0 Å². The first kappa shape index (κ1) is 14.1. The molecule has 106 valence electrons. The molecule has 1 aliphatic carbocycles. The Morgan fingerprint density at radius 1 is 1.30 bits per heavy atom. The van der Waals surface area contributed by atoms with Crippen molar-refractivity contribution in [3.05, 3.63) is 50.1 Å². The summed E-state index contributed by atoms with van der Waals surface area (Å²) < 4.78 is 6.40. The monoisotopic (exact) mass is 352 g/mol. The predicted octanol–water partition coefficient (Wildman–Crippen LogP) is 3.98. The Morgan fingerprint density at radius 3 is 2.85 bits per heavy atom. The van der Waals surface area contributed by atoms with Gasteiger partial charge in [0.05, 0.1) is 16.5 Å². The second kappa shape index (κ2) is 5.51. The van der Waals surface area contributed by atoms with Gasteiger partial charge in [0.1, 0.15) is 5.75 Å². The summed E-state index contributed by atoms with van der Waals surface area (Å²) in [5, 5.41) is 10.9. The third-order valence-electron chi connectivity index (χ3n) is 3.92. The highest BCUT2D eigenvalue weighted by Crippen LogP contribution is 2.35. The van der Waals surface area contributed by atoms with E-state index in [9.17, 15) is 5.11 Å². The number of hydrogen-bond donors (Lipinski definition) is 1. The van der Waals surface area contributed by atoms with Gasteiger partial charge < -0.3 is 9.84 Å². The van der Waals surface area contributed by atoms with Gasteiger partial charge in [-0.2, -0.15) is 0 Å². The average Bonchev–Trinajstić information content (AvgIpc) is 2.82. The molecule has 1 aromatic carbocycles. The van der Waals surface area contributed by atoms with E-state index in [4.69, 9.17) is 4.74 Å². The van der Waals surface area contributed by atoms with Crippen LogP contribution in [-0.4, -0.2) is 17.8 Å². The summed E-state index contributed by atoms with van der Waals surface area (Å²) in [6.45, 7) is 0. The Balaban J connectivity index is 1.82. The molecule has 1 heterocycles. The van der Waals surface area contributed by atoms with Gasteiger partial charge >= 0.3 is 0 Å². The Kier molecular flexibility index (Phi) is 3.89. The molecule has 20 heavy (non-hydrogen) atoms. The number of hydrogen-bond acceptors (Lipinski definition) is 3. The first-order valence-corrected chi connectivity index (χ1v) is 8.31. The van der Waals surface area contributed by atoms with Crippen LogP contribution in [-0.2, 0) is 19.3 Å². The number of halogens is 1. The van der Waals surface area contributed by atoms with Gasteiger partial charge in [0.15, 0.2) is 0 Å². The Hall–Kier alpha value is -0.840. The van der Waals surface area contributed by atoms with Crippen LogP contribution in [0.1, 0.15) is 22.4 Å². The third kappa shape index (κ3) is 2.92. The molecule has 1 unspecified atom stereocenters. The quantitative estimate of drug-likeness (QED) is 0.905. The van der Waals surface area contributed by atoms with E-state index in [2.05, 4.69) is 34.1 Å². The van der Waals surface area contributed by atoms with Crippen molar-refractivity contribution in [1.82, 2.24) is 0 Å². The van der Waals surface area contributed by atoms with Gasteiger partial charge in [-0.05, 0) is 64.2 Å². The van der Waals surface area contributed by atoms with Gasteiger partial charge in [-0.1, -0.05) is 6.07 Å². The molecule has 0 saturated carbocycles. The topological polar surface area (TPSA) is 29.5 Å². The van der Waals surface area contributed by atoms with Crippen LogP contribution in [0.3, 0.4) is 0 Å².